The number of rotatable bonds is 3. The van der Waals surface area contributed by atoms with Crippen molar-refractivity contribution in [3.63, 3.8) is 0 Å². The van der Waals surface area contributed by atoms with Crippen LogP contribution in [0.4, 0.5) is 13.2 Å². The van der Waals surface area contributed by atoms with Gasteiger partial charge in [0.2, 0.25) is 0 Å². The zero-order valence-corrected chi connectivity index (χ0v) is 10.3. The van der Waals surface area contributed by atoms with Gasteiger partial charge in [0.1, 0.15) is 0 Å². The van der Waals surface area contributed by atoms with E-state index in [-0.39, 0.29) is 0 Å². The number of nitrogens with zero attached hydrogens (tertiary/aromatic N) is 2. The van der Waals surface area contributed by atoms with Crippen molar-refractivity contribution in [3.8, 4) is 12.1 Å². The molecule has 20 heavy (non-hydrogen) atoms. The first-order chi connectivity index (χ1) is 9.38. The average Bonchev–Trinajstić information content (AvgIpc) is 2.41. The van der Waals surface area contributed by atoms with Gasteiger partial charge in [-0.25, -0.2) is 0 Å². The van der Waals surface area contributed by atoms with E-state index in [1.807, 2.05) is 0 Å². The van der Waals surface area contributed by atoms with Crippen LogP contribution in [0, 0.1) is 22.7 Å². The van der Waals surface area contributed by atoms with E-state index < -0.39 is 22.9 Å². The van der Waals surface area contributed by atoms with E-state index in [4.69, 9.17) is 10.5 Å². The van der Waals surface area contributed by atoms with Crippen LogP contribution in [-0.2, 0) is 6.18 Å². The maximum atomic E-state index is 12.9. The SMILES string of the molecule is C=C/C=C(\C=C)c1cc(C#N)c(C(F)(F)F)c(C#N)c1. The van der Waals surface area contributed by atoms with Gasteiger partial charge in [0, 0.05) is 0 Å². The van der Waals surface area contributed by atoms with Crippen LogP contribution >= 0.6 is 0 Å². The maximum absolute atomic E-state index is 12.9. The van der Waals surface area contributed by atoms with Crippen LogP contribution in [0.3, 0.4) is 0 Å². The summed E-state index contributed by atoms with van der Waals surface area (Å²) in [6, 6.07) is 5.13. The summed E-state index contributed by atoms with van der Waals surface area (Å²) in [5, 5.41) is 17.8. The Kier molecular flexibility index (Phi) is 4.50. The van der Waals surface area contributed by atoms with Gasteiger partial charge in [-0.05, 0) is 23.3 Å². The molecule has 0 amide bonds. The van der Waals surface area contributed by atoms with E-state index in [9.17, 15) is 13.2 Å². The number of hydrogen-bond acceptors (Lipinski definition) is 2. The minimum Gasteiger partial charge on any atom is -0.192 e. The van der Waals surface area contributed by atoms with Gasteiger partial charge >= 0.3 is 6.18 Å². The molecule has 0 fully saturated rings. The highest BCUT2D eigenvalue weighted by Gasteiger charge is 2.37. The van der Waals surface area contributed by atoms with Crippen molar-refractivity contribution in [2.45, 2.75) is 6.18 Å². The fourth-order valence-corrected chi connectivity index (χ4v) is 1.70. The van der Waals surface area contributed by atoms with Gasteiger partial charge in [-0.15, -0.1) is 0 Å². The second-order valence-corrected chi connectivity index (χ2v) is 3.73. The Morgan fingerprint density at radius 3 is 1.90 bits per heavy atom. The van der Waals surface area contributed by atoms with E-state index in [0.717, 1.165) is 12.1 Å². The minimum absolute atomic E-state index is 0.306. The van der Waals surface area contributed by atoms with Gasteiger partial charge in [0.05, 0.1) is 28.8 Å². The smallest absolute Gasteiger partial charge is 0.192 e. The van der Waals surface area contributed by atoms with Gasteiger partial charge in [-0.1, -0.05) is 31.4 Å². The first-order valence-electron chi connectivity index (χ1n) is 5.40. The molecule has 2 nitrogen and oxygen atoms in total. The number of benzene rings is 1. The van der Waals surface area contributed by atoms with Crippen molar-refractivity contribution < 1.29 is 13.2 Å². The fraction of sp³-hybridized carbons (Fsp3) is 0.0667. The maximum Gasteiger partial charge on any atom is 0.418 e. The molecular formula is C15H9F3N2. The van der Waals surface area contributed by atoms with Gasteiger partial charge in [0.25, 0.3) is 0 Å². The third-order valence-electron chi connectivity index (χ3n) is 2.51. The molecule has 1 rings (SSSR count). The Balaban J connectivity index is 3.71. The molecule has 100 valence electrons. The average molecular weight is 274 g/mol. The Morgan fingerprint density at radius 1 is 1.10 bits per heavy atom. The van der Waals surface area contributed by atoms with Crippen molar-refractivity contribution in [3.05, 3.63) is 65.8 Å². The van der Waals surface area contributed by atoms with Crippen LogP contribution in [0.25, 0.3) is 5.57 Å². The molecule has 0 N–H and O–H groups in total. The summed E-state index contributed by atoms with van der Waals surface area (Å²) < 4.78 is 38.7. The van der Waals surface area contributed by atoms with E-state index in [1.54, 1.807) is 0 Å². The number of nitriles is 2. The first kappa shape index (κ1) is 15.3. The number of hydrogen-bond donors (Lipinski definition) is 0. The van der Waals surface area contributed by atoms with Crippen LogP contribution < -0.4 is 0 Å². The molecule has 0 aliphatic carbocycles. The molecule has 0 aliphatic heterocycles. The molecule has 5 heteroatoms. The van der Waals surface area contributed by atoms with Crippen LogP contribution in [0.15, 0.2) is 43.5 Å². The second-order valence-electron chi connectivity index (χ2n) is 3.73. The summed E-state index contributed by atoms with van der Waals surface area (Å²) in [5.41, 5.74) is -1.62. The summed E-state index contributed by atoms with van der Waals surface area (Å²) in [5.74, 6) is 0. The van der Waals surface area contributed by atoms with Crippen molar-refractivity contribution >= 4 is 5.57 Å². The van der Waals surface area contributed by atoms with E-state index >= 15 is 0 Å². The molecule has 0 saturated heterocycles. The largest absolute Gasteiger partial charge is 0.418 e. The lowest BCUT2D eigenvalue weighted by Gasteiger charge is -2.13. The van der Waals surface area contributed by atoms with Crippen LogP contribution in [0.1, 0.15) is 22.3 Å². The zero-order valence-electron chi connectivity index (χ0n) is 10.3. The molecule has 1 aromatic rings. The monoisotopic (exact) mass is 274 g/mol. The molecule has 0 spiro atoms. The first-order valence-corrected chi connectivity index (χ1v) is 5.40. The topological polar surface area (TPSA) is 47.6 Å². The van der Waals surface area contributed by atoms with Crippen LogP contribution in [0.2, 0.25) is 0 Å². The number of alkyl halides is 3. The highest BCUT2D eigenvalue weighted by Crippen LogP contribution is 2.36. The van der Waals surface area contributed by atoms with E-state index in [0.29, 0.717) is 11.1 Å². The predicted octanol–water partition coefficient (Wildman–Crippen LogP) is 4.20. The van der Waals surface area contributed by atoms with Crippen molar-refractivity contribution in [1.82, 2.24) is 0 Å². The number of allylic oxidation sites excluding steroid dienone is 4. The molecule has 0 radical (unpaired) electrons. The summed E-state index contributed by atoms with van der Waals surface area (Å²) in [4.78, 5) is 0. The minimum atomic E-state index is -4.76. The van der Waals surface area contributed by atoms with Crippen molar-refractivity contribution in [2.24, 2.45) is 0 Å². The van der Waals surface area contributed by atoms with E-state index in [2.05, 4.69) is 13.2 Å². The van der Waals surface area contributed by atoms with Gasteiger partial charge in [-0.2, -0.15) is 23.7 Å². The summed E-state index contributed by atoms with van der Waals surface area (Å²) in [6.07, 6.45) is -0.386. The quantitative estimate of drug-likeness (QED) is 0.775. The second kappa shape index (κ2) is 5.90. The fourth-order valence-electron chi connectivity index (χ4n) is 1.70. The Labute approximate surface area is 114 Å². The summed E-state index contributed by atoms with van der Waals surface area (Å²) in [7, 11) is 0. The molecule has 0 aromatic heterocycles. The zero-order chi connectivity index (χ0) is 15.3. The highest BCUT2D eigenvalue weighted by molar-refractivity contribution is 5.77. The predicted molar refractivity (Wildman–Crippen MR) is 69.2 cm³/mol. The lowest BCUT2D eigenvalue weighted by molar-refractivity contribution is -0.138. The van der Waals surface area contributed by atoms with Crippen LogP contribution in [-0.4, -0.2) is 0 Å². The lowest BCUT2D eigenvalue weighted by Crippen LogP contribution is -2.11. The van der Waals surface area contributed by atoms with E-state index in [1.165, 1.54) is 30.4 Å². The van der Waals surface area contributed by atoms with Gasteiger partial charge in [0.15, 0.2) is 0 Å². The Bertz CT molecular complexity index is 633. The molecule has 0 saturated carbocycles. The third kappa shape index (κ3) is 2.96. The van der Waals surface area contributed by atoms with Crippen LogP contribution in [0.5, 0.6) is 0 Å². The Morgan fingerprint density at radius 2 is 1.60 bits per heavy atom. The number of halogens is 3. The Hall–Kier alpha value is -2.79. The molecule has 0 aliphatic rings. The standard InChI is InChI=1S/C15H9F3N2/c1-3-5-10(4-2)11-6-12(8-19)14(15(16,17)18)13(7-11)9-20/h3-7H,1-2H2/b10-5+. The molecule has 0 unspecified atom stereocenters. The third-order valence-corrected chi connectivity index (χ3v) is 2.51. The normalized spacial score (nSPS) is 11.3. The molecule has 1 aromatic carbocycles. The molecule has 0 bridgehead atoms. The van der Waals surface area contributed by atoms with Crippen molar-refractivity contribution in [1.29, 1.82) is 10.5 Å². The van der Waals surface area contributed by atoms with Crippen molar-refractivity contribution in [2.75, 3.05) is 0 Å². The summed E-state index contributed by atoms with van der Waals surface area (Å²) in [6.45, 7) is 7.02. The summed E-state index contributed by atoms with van der Waals surface area (Å²) >= 11 is 0. The van der Waals surface area contributed by atoms with Gasteiger partial charge < -0.3 is 0 Å². The molecule has 0 heterocycles. The van der Waals surface area contributed by atoms with Gasteiger partial charge in [-0.3, -0.25) is 0 Å². The highest BCUT2D eigenvalue weighted by atomic mass is 19.4. The molecular weight excluding hydrogens is 265 g/mol. The molecule has 0 atom stereocenters. The lowest BCUT2D eigenvalue weighted by atomic mass is 9.94.